The summed E-state index contributed by atoms with van der Waals surface area (Å²) in [4.78, 5) is 0. The molecule has 50 heavy (non-hydrogen) atoms. The van der Waals surface area contributed by atoms with E-state index in [4.69, 9.17) is 0 Å². The van der Waals surface area contributed by atoms with Gasteiger partial charge in [-0.05, 0) is 75.3 Å². The molecule has 0 amide bonds. The molecule has 2 nitrogen and oxygen atoms in total. The van der Waals surface area contributed by atoms with E-state index in [0.29, 0.717) is 0 Å². The molecule has 0 bridgehead atoms. The molecule has 2 aliphatic carbocycles. The molecule has 0 unspecified atom stereocenters. The summed E-state index contributed by atoms with van der Waals surface area (Å²) in [6.45, 7) is 9.48. The first-order valence-corrected chi connectivity index (χ1v) is 17.8. The Hall–Kier alpha value is -5.86. The number of rotatable bonds is 2. The van der Waals surface area contributed by atoms with E-state index in [9.17, 15) is 0 Å². The van der Waals surface area contributed by atoms with Crippen LogP contribution < -0.4 is 0 Å². The van der Waals surface area contributed by atoms with Crippen LogP contribution in [0.1, 0.15) is 49.9 Å². The van der Waals surface area contributed by atoms with Crippen molar-refractivity contribution in [2.45, 2.75) is 38.5 Å². The Kier molecular flexibility index (Phi) is 5.28. The SMILES string of the molecule is CC1(C)c2ccccc2-c2ccc(-n3c4ccccc4c4c3ccc3c5ccccc5n(-c5cccc6c5-c5ccccc5C6(C)C)c34)cc21. The number of fused-ring (bicyclic) bond motifs is 13. The highest BCUT2D eigenvalue weighted by molar-refractivity contribution is 6.26. The number of hydrogen-bond acceptors (Lipinski definition) is 0. The maximum absolute atomic E-state index is 2.57. The Morgan fingerprint density at radius 2 is 1.00 bits per heavy atom. The number of nitrogens with zero attached hydrogens (tertiary/aromatic N) is 2. The topological polar surface area (TPSA) is 9.86 Å². The molecular formula is C48H36N2. The van der Waals surface area contributed by atoms with Crippen molar-refractivity contribution in [1.82, 2.24) is 9.13 Å². The second-order valence-electron chi connectivity index (χ2n) is 15.3. The van der Waals surface area contributed by atoms with Gasteiger partial charge in [0.25, 0.3) is 0 Å². The molecule has 2 aliphatic rings. The molecule has 0 saturated carbocycles. The van der Waals surface area contributed by atoms with E-state index in [1.54, 1.807) is 0 Å². The molecule has 7 aromatic carbocycles. The predicted molar refractivity (Wildman–Crippen MR) is 210 cm³/mol. The first-order chi connectivity index (χ1) is 24.4. The fourth-order valence-electron chi connectivity index (χ4n) is 9.79. The quantitative estimate of drug-likeness (QED) is 0.178. The molecule has 238 valence electrons. The van der Waals surface area contributed by atoms with E-state index in [2.05, 4.69) is 182 Å². The molecule has 2 aromatic heterocycles. The lowest BCUT2D eigenvalue weighted by Gasteiger charge is -2.22. The molecule has 2 heteroatoms. The van der Waals surface area contributed by atoms with Crippen LogP contribution >= 0.6 is 0 Å². The largest absolute Gasteiger partial charge is 0.309 e. The summed E-state index contributed by atoms with van der Waals surface area (Å²) in [5.74, 6) is 0. The Morgan fingerprint density at radius 1 is 0.400 bits per heavy atom. The Balaban J connectivity index is 1.27. The van der Waals surface area contributed by atoms with Gasteiger partial charge < -0.3 is 9.13 Å². The molecule has 0 N–H and O–H groups in total. The molecule has 2 heterocycles. The van der Waals surface area contributed by atoms with Gasteiger partial charge in [0.1, 0.15) is 0 Å². The highest BCUT2D eigenvalue weighted by Crippen LogP contribution is 2.53. The smallest absolute Gasteiger partial charge is 0.0641 e. The van der Waals surface area contributed by atoms with E-state index in [1.165, 1.54) is 99.5 Å². The van der Waals surface area contributed by atoms with Crippen molar-refractivity contribution in [1.29, 1.82) is 0 Å². The average molecular weight is 641 g/mol. The maximum Gasteiger partial charge on any atom is 0.0641 e. The van der Waals surface area contributed by atoms with E-state index in [0.717, 1.165) is 0 Å². The highest BCUT2D eigenvalue weighted by Gasteiger charge is 2.38. The Labute approximate surface area is 291 Å². The standard InChI is InChI=1S/C48H36N2/c1-47(2)37-19-10-6-16-34(37)44-38(47)20-13-23-42(44)50-40-21-11-7-15-32(40)33-26-27-43-45(46(33)50)35-17-8-12-22-41(35)49(43)29-24-25-31-30-14-5-9-18-36(30)48(3,4)39(31)28-29/h5-28H,1-4H3. The second kappa shape index (κ2) is 9.43. The normalized spacial score (nSPS) is 15.1. The molecule has 9 aromatic rings. The first kappa shape index (κ1) is 28.0. The van der Waals surface area contributed by atoms with E-state index in [-0.39, 0.29) is 10.8 Å². The Bertz CT molecular complexity index is 2930. The molecule has 11 rings (SSSR count). The minimum atomic E-state index is -0.0763. The zero-order chi connectivity index (χ0) is 33.5. The number of hydrogen-bond donors (Lipinski definition) is 0. The molecule has 0 aliphatic heterocycles. The third-order valence-electron chi connectivity index (χ3n) is 12.1. The van der Waals surface area contributed by atoms with Crippen molar-refractivity contribution in [2.75, 3.05) is 0 Å². The minimum Gasteiger partial charge on any atom is -0.309 e. The van der Waals surface area contributed by atoms with Crippen LogP contribution in [-0.4, -0.2) is 9.13 Å². The average Bonchev–Trinajstić information content (AvgIpc) is 3.81. The lowest BCUT2D eigenvalue weighted by Crippen LogP contribution is -2.15. The summed E-state index contributed by atoms with van der Waals surface area (Å²) in [5.41, 5.74) is 18.2. The molecule has 0 atom stereocenters. The van der Waals surface area contributed by atoms with Crippen LogP contribution in [0.25, 0.3) is 77.2 Å². The van der Waals surface area contributed by atoms with Gasteiger partial charge in [-0.3, -0.25) is 0 Å². The van der Waals surface area contributed by atoms with Gasteiger partial charge in [0.15, 0.2) is 0 Å². The van der Waals surface area contributed by atoms with Crippen LogP contribution in [0.5, 0.6) is 0 Å². The summed E-state index contributed by atoms with van der Waals surface area (Å²) in [6.07, 6.45) is 0. The van der Waals surface area contributed by atoms with Crippen LogP contribution in [0.4, 0.5) is 0 Å². The lowest BCUT2D eigenvalue weighted by atomic mass is 9.82. The van der Waals surface area contributed by atoms with Gasteiger partial charge >= 0.3 is 0 Å². The molecule has 0 fully saturated rings. The summed E-state index contributed by atoms with van der Waals surface area (Å²) >= 11 is 0. The number of aromatic nitrogens is 2. The fourth-order valence-corrected chi connectivity index (χ4v) is 9.79. The van der Waals surface area contributed by atoms with Crippen LogP contribution in [-0.2, 0) is 10.8 Å². The summed E-state index contributed by atoms with van der Waals surface area (Å²) in [6, 6.07) is 54.6. The minimum absolute atomic E-state index is 0.0713. The maximum atomic E-state index is 2.57. The van der Waals surface area contributed by atoms with Crippen molar-refractivity contribution >= 4 is 43.6 Å². The number of benzene rings is 7. The highest BCUT2D eigenvalue weighted by atomic mass is 15.0. The summed E-state index contributed by atoms with van der Waals surface area (Å²) in [7, 11) is 0. The molecule has 0 saturated heterocycles. The van der Waals surface area contributed by atoms with Crippen LogP contribution in [0.3, 0.4) is 0 Å². The fraction of sp³-hybridized carbons (Fsp3) is 0.125. The van der Waals surface area contributed by atoms with Crippen LogP contribution in [0.2, 0.25) is 0 Å². The van der Waals surface area contributed by atoms with Crippen molar-refractivity contribution in [3.8, 4) is 33.6 Å². The van der Waals surface area contributed by atoms with Crippen LogP contribution in [0, 0.1) is 0 Å². The van der Waals surface area contributed by atoms with Crippen molar-refractivity contribution in [3.05, 3.63) is 168 Å². The second-order valence-corrected chi connectivity index (χ2v) is 15.3. The zero-order valence-electron chi connectivity index (χ0n) is 28.8. The van der Waals surface area contributed by atoms with Gasteiger partial charge in [-0.1, -0.05) is 137 Å². The third-order valence-corrected chi connectivity index (χ3v) is 12.1. The van der Waals surface area contributed by atoms with Crippen molar-refractivity contribution in [2.24, 2.45) is 0 Å². The predicted octanol–water partition coefficient (Wildman–Crippen LogP) is 12.5. The summed E-state index contributed by atoms with van der Waals surface area (Å²) in [5, 5.41) is 5.13. The van der Waals surface area contributed by atoms with Crippen molar-refractivity contribution < 1.29 is 0 Å². The van der Waals surface area contributed by atoms with Gasteiger partial charge in [-0.2, -0.15) is 0 Å². The van der Waals surface area contributed by atoms with Gasteiger partial charge in [-0.25, -0.2) is 0 Å². The van der Waals surface area contributed by atoms with Gasteiger partial charge in [0, 0.05) is 43.6 Å². The van der Waals surface area contributed by atoms with Gasteiger partial charge in [0.05, 0.1) is 27.8 Å². The lowest BCUT2D eigenvalue weighted by molar-refractivity contribution is 0.660. The van der Waals surface area contributed by atoms with E-state index < -0.39 is 0 Å². The van der Waals surface area contributed by atoms with E-state index in [1.807, 2.05) is 0 Å². The number of para-hydroxylation sites is 2. The molecule has 0 radical (unpaired) electrons. The van der Waals surface area contributed by atoms with Gasteiger partial charge in [0.2, 0.25) is 0 Å². The summed E-state index contributed by atoms with van der Waals surface area (Å²) < 4.78 is 5.07. The van der Waals surface area contributed by atoms with E-state index >= 15 is 0 Å². The molecular weight excluding hydrogens is 605 g/mol. The zero-order valence-corrected chi connectivity index (χ0v) is 28.8. The molecule has 0 spiro atoms. The van der Waals surface area contributed by atoms with Crippen LogP contribution in [0.15, 0.2) is 146 Å². The monoisotopic (exact) mass is 640 g/mol. The third kappa shape index (κ3) is 3.34. The Morgan fingerprint density at radius 3 is 1.80 bits per heavy atom. The van der Waals surface area contributed by atoms with Crippen molar-refractivity contribution in [3.63, 3.8) is 0 Å². The first-order valence-electron chi connectivity index (χ1n) is 17.8. The van der Waals surface area contributed by atoms with Gasteiger partial charge in [-0.15, -0.1) is 0 Å².